The number of oxime groups is 1. The molecule has 0 bridgehead atoms. The maximum absolute atomic E-state index is 14.0. The fourth-order valence-electron chi connectivity index (χ4n) is 1.76. The van der Waals surface area contributed by atoms with Crippen LogP contribution < -0.4 is 5.73 Å². The van der Waals surface area contributed by atoms with Crippen LogP contribution in [0.15, 0.2) is 27.3 Å². The first-order chi connectivity index (χ1) is 10.1. The summed E-state index contributed by atoms with van der Waals surface area (Å²) in [6.07, 6.45) is 1.90. The molecule has 3 rings (SSSR count). The maximum Gasteiger partial charge on any atom is 0.214 e. The van der Waals surface area contributed by atoms with E-state index in [-0.39, 0.29) is 22.3 Å². The van der Waals surface area contributed by atoms with E-state index in [0.29, 0.717) is 5.16 Å². The zero-order chi connectivity index (χ0) is 15.0. The third-order valence-corrected chi connectivity index (χ3v) is 4.00. The maximum atomic E-state index is 14.0. The highest BCUT2D eigenvalue weighted by Gasteiger charge is 2.29. The second-order valence-electron chi connectivity index (χ2n) is 4.49. The van der Waals surface area contributed by atoms with Crippen molar-refractivity contribution >= 4 is 17.6 Å². The van der Waals surface area contributed by atoms with E-state index in [9.17, 15) is 8.78 Å². The standard InChI is InChI=1S/C11H10F2N6OS/c12-7-3-5(10(14)16-20)4-8(13)9(7)21-11-15-17-18-19(11)6-1-2-6/h3-4,6,20H,1-2H2,(H2,14,16). The molecular formula is C11H10F2N6OS. The van der Waals surface area contributed by atoms with Crippen molar-refractivity contribution in [2.24, 2.45) is 10.9 Å². The van der Waals surface area contributed by atoms with Crippen LogP contribution in [0, 0.1) is 11.6 Å². The van der Waals surface area contributed by atoms with Crippen molar-refractivity contribution in [1.29, 1.82) is 0 Å². The van der Waals surface area contributed by atoms with Gasteiger partial charge >= 0.3 is 0 Å². The second kappa shape index (κ2) is 5.28. The highest BCUT2D eigenvalue weighted by Crippen LogP contribution is 2.39. The lowest BCUT2D eigenvalue weighted by atomic mass is 10.2. The summed E-state index contributed by atoms with van der Waals surface area (Å²) < 4.78 is 29.6. The Morgan fingerprint density at radius 3 is 2.62 bits per heavy atom. The molecule has 1 saturated carbocycles. The molecule has 0 saturated heterocycles. The lowest BCUT2D eigenvalue weighted by Gasteiger charge is -2.07. The molecule has 0 amide bonds. The summed E-state index contributed by atoms with van der Waals surface area (Å²) in [7, 11) is 0. The average molecular weight is 312 g/mol. The first-order valence-corrected chi connectivity index (χ1v) is 6.84. The number of halogens is 2. The van der Waals surface area contributed by atoms with E-state index in [1.807, 2.05) is 0 Å². The fourth-order valence-corrected chi connectivity index (χ4v) is 2.61. The number of nitrogens with two attached hydrogens (primary N) is 1. The van der Waals surface area contributed by atoms with E-state index in [1.54, 1.807) is 4.68 Å². The third-order valence-electron chi connectivity index (χ3n) is 2.95. The van der Waals surface area contributed by atoms with Gasteiger partial charge in [0.15, 0.2) is 5.84 Å². The van der Waals surface area contributed by atoms with Gasteiger partial charge in [-0.05, 0) is 47.2 Å². The van der Waals surface area contributed by atoms with E-state index in [1.165, 1.54) is 0 Å². The predicted molar refractivity (Wildman–Crippen MR) is 69.1 cm³/mol. The molecule has 0 spiro atoms. The fraction of sp³-hybridized carbons (Fsp3) is 0.273. The Kier molecular flexibility index (Phi) is 3.45. The van der Waals surface area contributed by atoms with Crippen LogP contribution in [0.3, 0.4) is 0 Å². The summed E-state index contributed by atoms with van der Waals surface area (Å²) in [4.78, 5) is -0.235. The Hall–Kier alpha value is -2.23. The van der Waals surface area contributed by atoms with Gasteiger partial charge in [-0.25, -0.2) is 13.5 Å². The molecule has 0 unspecified atom stereocenters. The van der Waals surface area contributed by atoms with Gasteiger partial charge in [-0.3, -0.25) is 0 Å². The minimum Gasteiger partial charge on any atom is -0.409 e. The summed E-state index contributed by atoms with van der Waals surface area (Å²) in [5, 5.41) is 22.7. The number of aromatic nitrogens is 4. The minimum absolute atomic E-state index is 0.0429. The van der Waals surface area contributed by atoms with Crippen LogP contribution in [0.2, 0.25) is 0 Å². The topological polar surface area (TPSA) is 102 Å². The Morgan fingerprint density at radius 1 is 1.38 bits per heavy atom. The first kappa shape index (κ1) is 13.7. The van der Waals surface area contributed by atoms with Gasteiger partial charge in [-0.2, -0.15) is 0 Å². The molecule has 21 heavy (non-hydrogen) atoms. The molecule has 7 nitrogen and oxygen atoms in total. The van der Waals surface area contributed by atoms with Gasteiger partial charge in [0.25, 0.3) is 0 Å². The van der Waals surface area contributed by atoms with E-state index < -0.39 is 11.6 Å². The molecule has 1 heterocycles. The molecule has 10 heteroatoms. The van der Waals surface area contributed by atoms with Crippen LogP contribution >= 0.6 is 11.8 Å². The molecule has 3 N–H and O–H groups in total. The molecule has 1 aromatic heterocycles. The van der Waals surface area contributed by atoms with Crippen LogP contribution in [0.25, 0.3) is 0 Å². The van der Waals surface area contributed by atoms with Gasteiger partial charge < -0.3 is 10.9 Å². The van der Waals surface area contributed by atoms with Crippen molar-refractivity contribution in [3.8, 4) is 0 Å². The number of amidine groups is 1. The Balaban J connectivity index is 1.93. The zero-order valence-electron chi connectivity index (χ0n) is 10.6. The van der Waals surface area contributed by atoms with E-state index >= 15 is 0 Å². The summed E-state index contributed by atoms with van der Waals surface area (Å²) in [6.45, 7) is 0. The van der Waals surface area contributed by atoms with Crippen molar-refractivity contribution in [3.05, 3.63) is 29.3 Å². The van der Waals surface area contributed by atoms with Crippen LogP contribution in [0.5, 0.6) is 0 Å². The van der Waals surface area contributed by atoms with Crippen molar-refractivity contribution < 1.29 is 14.0 Å². The molecule has 1 fully saturated rings. The summed E-state index contributed by atoms with van der Waals surface area (Å²) in [5.41, 5.74) is 5.27. The Morgan fingerprint density at radius 2 is 2.05 bits per heavy atom. The van der Waals surface area contributed by atoms with Crippen LogP contribution in [-0.4, -0.2) is 31.3 Å². The van der Waals surface area contributed by atoms with Gasteiger partial charge in [-0.15, -0.1) is 5.10 Å². The molecule has 2 aromatic rings. The lowest BCUT2D eigenvalue weighted by Crippen LogP contribution is -2.14. The number of hydrogen-bond acceptors (Lipinski definition) is 6. The number of tetrazole rings is 1. The monoisotopic (exact) mass is 312 g/mol. The van der Waals surface area contributed by atoms with Crippen LogP contribution in [-0.2, 0) is 0 Å². The SMILES string of the molecule is N/C(=N/O)c1cc(F)c(Sc2nnnn2C2CC2)c(F)c1. The normalized spacial score (nSPS) is 15.4. The molecule has 1 aliphatic carbocycles. The zero-order valence-corrected chi connectivity index (χ0v) is 11.4. The van der Waals surface area contributed by atoms with Crippen molar-refractivity contribution in [2.45, 2.75) is 28.9 Å². The van der Waals surface area contributed by atoms with Gasteiger partial charge in [0.2, 0.25) is 5.16 Å². The first-order valence-electron chi connectivity index (χ1n) is 6.03. The van der Waals surface area contributed by atoms with E-state index in [2.05, 4.69) is 20.7 Å². The predicted octanol–water partition coefficient (Wildman–Crippen LogP) is 1.53. The van der Waals surface area contributed by atoms with Crippen molar-refractivity contribution in [2.75, 3.05) is 0 Å². The molecule has 110 valence electrons. The van der Waals surface area contributed by atoms with Crippen molar-refractivity contribution in [1.82, 2.24) is 20.2 Å². The van der Waals surface area contributed by atoms with Crippen molar-refractivity contribution in [3.63, 3.8) is 0 Å². The van der Waals surface area contributed by atoms with Gasteiger partial charge in [0, 0.05) is 5.56 Å². The van der Waals surface area contributed by atoms with E-state index in [4.69, 9.17) is 10.9 Å². The molecule has 0 aliphatic heterocycles. The Bertz CT molecular complexity index is 691. The Labute approximate surface area is 121 Å². The average Bonchev–Trinajstić information content (AvgIpc) is 3.21. The van der Waals surface area contributed by atoms with Gasteiger partial charge in [0.05, 0.1) is 10.9 Å². The minimum atomic E-state index is -0.827. The van der Waals surface area contributed by atoms with Crippen LogP contribution in [0.4, 0.5) is 8.78 Å². The highest BCUT2D eigenvalue weighted by molar-refractivity contribution is 7.99. The molecule has 0 radical (unpaired) electrons. The molecule has 1 aromatic carbocycles. The van der Waals surface area contributed by atoms with E-state index in [0.717, 1.165) is 36.7 Å². The van der Waals surface area contributed by atoms with Crippen LogP contribution in [0.1, 0.15) is 24.4 Å². The summed E-state index contributed by atoms with van der Waals surface area (Å²) in [6, 6.07) is 2.18. The quantitative estimate of drug-likeness (QED) is 0.384. The highest BCUT2D eigenvalue weighted by atomic mass is 32.2. The largest absolute Gasteiger partial charge is 0.409 e. The molecule has 1 aliphatic rings. The third kappa shape index (κ3) is 2.66. The molecular weight excluding hydrogens is 302 g/mol. The van der Waals surface area contributed by atoms with Gasteiger partial charge in [-0.1, -0.05) is 5.16 Å². The molecule has 0 atom stereocenters. The summed E-state index contributed by atoms with van der Waals surface area (Å²) >= 11 is 0.804. The smallest absolute Gasteiger partial charge is 0.214 e. The lowest BCUT2D eigenvalue weighted by molar-refractivity contribution is 0.318. The number of benzene rings is 1. The number of nitrogens with zero attached hydrogens (tertiary/aromatic N) is 5. The summed E-state index contributed by atoms with van der Waals surface area (Å²) in [5.74, 6) is -2.02. The number of rotatable bonds is 4. The second-order valence-corrected chi connectivity index (χ2v) is 5.47. The van der Waals surface area contributed by atoms with Gasteiger partial charge in [0.1, 0.15) is 11.6 Å². The number of hydrogen-bond donors (Lipinski definition) is 2.